The molecule has 0 atom stereocenters. The number of hydrogen-bond donors (Lipinski definition) is 0. The summed E-state index contributed by atoms with van der Waals surface area (Å²) < 4.78 is 11.0. The quantitative estimate of drug-likeness (QED) is 0.171. The second kappa shape index (κ2) is 11.3. The molecule has 246 valence electrons. The monoisotopic (exact) mass is 675 g/mol. The fourth-order valence-electron chi connectivity index (χ4n) is 8.30. The van der Waals surface area contributed by atoms with Gasteiger partial charge in [0.2, 0.25) is 0 Å². The zero-order valence-electron chi connectivity index (χ0n) is 28.5. The topological polar surface area (TPSA) is 27.4 Å². The average molecular weight is 676 g/mol. The van der Waals surface area contributed by atoms with Crippen LogP contribution in [0.5, 0.6) is 0 Å². The molecule has 53 heavy (non-hydrogen) atoms. The van der Waals surface area contributed by atoms with Crippen molar-refractivity contribution in [2.45, 2.75) is 0 Å². The van der Waals surface area contributed by atoms with Gasteiger partial charge in [-0.1, -0.05) is 109 Å². The van der Waals surface area contributed by atoms with Crippen molar-refractivity contribution in [1.82, 2.24) is 9.13 Å². The van der Waals surface area contributed by atoms with Crippen LogP contribution in [0.25, 0.3) is 104 Å². The van der Waals surface area contributed by atoms with Gasteiger partial charge in [0.25, 0.3) is 0 Å². The predicted molar refractivity (Wildman–Crippen MR) is 220 cm³/mol. The van der Waals surface area contributed by atoms with E-state index in [0.29, 0.717) is 5.69 Å². The molecule has 0 aliphatic carbocycles. The number of benzene rings is 8. The normalized spacial score (nSPS) is 11.8. The van der Waals surface area contributed by atoms with Crippen LogP contribution < -0.4 is 0 Å². The molecular weight excluding hydrogens is 647 g/mol. The number of fused-ring (bicyclic) bond motifs is 9. The molecule has 0 unspecified atom stereocenters. The van der Waals surface area contributed by atoms with E-state index in [1.54, 1.807) is 0 Å². The molecule has 11 aromatic rings. The van der Waals surface area contributed by atoms with Crippen LogP contribution in [0.15, 0.2) is 180 Å². The summed E-state index contributed by atoms with van der Waals surface area (Å²) in [7, 11) is 0. The van der Waals surface area contributed by atoms with E-state index in [-0.39, 0.29) is 0 Å². The van der Waals surface area contributed by atoms with Crippen LogP contribution in [0, 0.1) is 6.57 Å². The lowest BCUT2D eigenvalue weighted by Crippen LogP contribution is -1.94. The van der Waals surface area contributed by atoms with Gasteiger partial charge in [0.1, 0.15) is 11.2 Å². The van der Waals surface area contributed by atoms with Gasteiger partial charge in [-0.05, 0) is 83.4 Å². The molecule has 0 N–H and O–H groups in total. The summed E-state index contributed by atoms with van der Waals surface area (Å²) in [5, 5.41) is 7.13. The largest absolute Gasteiger partial charge is 0.455 e. The van der Waals surface area contributed by atoms with Gasteiger partial charge in [-0.25, -0.2) is 4.85 Å². The highest BCUT2D eigenvalue weighted by Crippen LogP contribution is 2.40. The highest BCUT2D eigenvalue weighted by atomic mass is 16.3. The summed E-state index contributed by atoms with van der Waals surface area (Å²) in [5.74, 6) is 0. The Labute approximate surface area is 304 Å². The molecule has 0 aliphatic heterocycles. The van der Waals surface area contributed by atoms with Gasteiger partial charge in [-0.15, -0.1) is 0 Å². The SMILES string of the molecule is [C-]#[N+]c1ccc(-n2c3ccccc3c3cc(-c4ccc5c(c4)c4ccccc4n5-c4ccc(-c5cccc6c5oc5ccccc56)cc4)ccc32)cc1. The van der Waals surface area contributed by atoms with E-state index in [9.17, 15) is 0 Å². The van der Waals surface area contributed by atoms with Gasteiger partial charge in [-0.2, -0.15) is 0 Å². The Bertz CT molecular complexity index is 3280. The van der Waals surface area contributed by atoms with E-state index < -0.39 is 0 Å². The Hall–Kier alpha value is -7.35. The summed E-state index contributed by atoms with van der Waals surface area (Å²) in [4.78, 5) is 3.59. The Kier molecular flexibility index (Phi) is 6.28. The zero-order chi connectivity index (χ0) is 35.0. The molecule has 0 saturated heterocycles. The van der Waals surface area contributed by atoms with Crippen molar-refractivity contribution < 1.29 is 4.42 Å². The van der Waals surface area contributed by atoms with Crippen LogP contribution >= 0.6 is 0 Å². The molecule has 3 heterocycles. The number of aromatic nitrogens is 2. The van der Waals surface area contributed by atoms with Crippen LogP contribution in [0.2, 0.25) is 0 Å². The minimum absolute atomic E-state index is 0.641. The van der Waals surface area contributed by atoms with Crippen LogP contribution in [0.4, 0.5) is 5.69 Å². The first kappa shape index (κ1) is 29.4. The first-order chi connectivity index (χ1) is 26.2. The predicted octanol–water partition coefficient (Wildman–Crippen LogP) is 13.7. The third-order valence-corrected chi connectivity index (χ3v) is 10.8. The minimum atomic E-state index is 0.641. The molecule has 0 saturated carbocycles. The Balaban J connectivity index is 1.02. The van der Waals surface area contributed by atoms with Crippen LogP contribution in [-0.4, -0.2) is 9.13 Å². The summed E-state index contributed by atoms with van der Waals surface area (Å²) >= 11 is 0. The summed E-state index contributed by atoms with van der Waals surface area (Å²) in [6, 6.07) is 62.2. The standard InChI is InChI=1S/C49H29N3O/c1-50-34-21-25-36(26-22-34)52-45-15-6-3-10-39(45)43-30-33(20-28-47(43)52)32-19-27-46-42(29-32)38-9-2-5-14-44(38)51(46)35-23-17-31(18-24-35)37-12-8-13-41-40-11-4-7-16-48(40)53-49(37)41/h2-30H. The fraction of sp³-hybridized carbons (Fsp3) is 0. The summed E-state index contributed by atoms with van der Waals surface area (Å²) in [6.07, 6.45) is 0. The molecule has 0 fully saturated rings. The van der Waals surface area contributed by atoms with Gasteiger partial charge < -0.3 is 13.6 Å². The van der Waals surface area contributed by atoms with Gasteiger partial charge in [0, 0.05) is 49.3 Å². The number of hydrogen-bond acceptors (Lipinski definition) is 1. The Morgan fingerprint density at radius 2 is 0.887 bits per heavy atom. The molecule has 0 amide bonds. The highest BCUT2D eigenvalue weighted by molar-refractivity contribution is 6.13. The molecule has 0 aliphatic rings. The van der Waals surface area contributed by atoms with Gasteiger partial charge in [0.05, 0.1) is 28.6 Å². The molecular formula is C49H29N3O. The van der Waals surface area contributed by atoms with E-state index in [4.69, 9.17) is 11.0 Å². The Morgan fingerprint density at radius 1 is 0.396 bits per heavy atom. The van der Waals surface area contributed by atoms with E-state index in [1.807, 2.05) is 36.4 Å². The molecule has 11 rings (SSSR count). The third-order valence-electron chi connectivity index (χ3n) is 10.8. The van der Waals surface area contributed by atoms with E-state index >= 15 is 0 Å². The molecule has 0 radical (unpaired) electrons. The maximum Gasteiger partial charge on any atom is 0.187 e. The van der Waals surface area contributed by atoms with Crippen molar-refractivity contribution in [3.63, 3.8) is 0 Å². The maximum atomic E-state index is 7.38. The van der Waals surface area contributed by atoms with Gasteiger partial charge >= 0.3 is 0 Å². The lowest BCUT2D eigenvalue weighted by molar-refractivity contribution is 0.670. The van der Waals surface area contributed by atoms with Gasteiger partial charge in [0.15, 0.2) is 5.69 Å². The molecule has 4 nitrogen and oxygen atoms in total. The second-order valence-electron chi connectivity index (χ2n) is 13.6. The Morgan fingerprint density at radius 3 is 1.49 bits per heavy atom. The minimum Gasteiger partial charge on any atom is -0.455 e. The summed E-state index contributed by atoms with van der Waals surface area (Å²) in [5.41, 5.74) is 13.8. The number of furan rings is 1. The van der Waals surface area contributed by atoms with Crippen LogP contribution in [0.1, 0.15) is 0 Å². The van der Waals surface area contributed by atoms with Crippen molar-refractivity contribution in [2.75, 3.05) is 0 Å². The van der Waals surface area contributed by atoms with Crippen LogP contribution in [-0.2, 0) is 0 Å². The first-order valence-corrected chi connectivity index (χ1v) is 17.8. The van der Waals surface area contributed by atoms with E-state index in [1.165, 1.54) is 43.7 Å². The molecule has 3 aromatic heterocycles. The van der Waals surface area contributed by atoms with E-state index in [0.717, 1.165) is 55.5 Å². The maximum absolute atomic E-state index is 7.38. The fourth-order valence-corrected chi connectivity index (χ4v) is 8.30. The average Bonchev–Trinajstić information content (AvgIpc) is 3.88. The molecule has 4 heteroatoms. The molecule has 0 spiro atoms. The first-order valence-electron chi connectivity index (χ1n) is 17.8. The van der Waals surface area contributed by atoms with Crippen molar-refractivity contribution in [3.8, 4) is 33.6 Å². The zero-order valence-corrected chi connectivity index (χ0v) is 28.5. The number of rotatable bonds is 4. The lowest BCUT2D eigenvalue weighted by atomic mass is 10.0. The van der Waals surface area contributed by atoms with Crippen molar-refractivity contribution >= 4 is 71.2 Å². The molecule has 8 aromatic carbocycles. The van der Waals surface area contributed by atoms with Gasteiger partial charge in [-0.3, -0.25) is 0 Å². The second-order valence-corrected chi connectivity index (χ2v) is 13.6. The highest BCUT2D eigenvalue weighted by Gasteiger charge is 2.17. The number of para-hydroxylation sites is 4. The summed E-state index contributed by atoms with van der Waals surface area (Å²) in [6.45, 7) is 7.38. The van der Waals surface area contributed by atoms with Crippen molar-refractivity contribution in [2.24, 2.45) is 0 Å². The molecule has 0 bridgehead atoms. The van der Waals surface area contributed by atoms with Crippen molar-refractivity contribution in [3.05, 3.63) is 187 Å². The number of nitrogens with zero attached hydrogens (tertiary/aromatic N) is 3. The lowest BCUT2D eigenvalue weighted by Gasteiger charge is -2.10. The van der Waals surface area contributed by atoms with Crippen LogP contribution in [0.3, 0.4) is 0 Å². The van der Waals surface area contributed by atoms with E-state index in [2.05, 4.69) is 154 Å². The smallest absolute Gasteiger partial charge is 0.187 e. The third kappa shape index (κ3) is 4.41. The van der Waals surface area contributed by atoms with Crippen molar-refractivity contribution in [1.29, 1.82) is 0 Å².